The van der Waals surface area contributed by atoms with Gasteiger partial charge in [0, 0.05) is 19.3 Å². The second kappa shape index (κ2) is 49.5. The molecule has 0 saturated heterocycles. The van der Waals surface area contributed by atoms with Gasteiger partial charge >= 0.3 is 17.9 Å². The van der Waals surface area contributed by atoms with Crippen molar-refractivity contribution in [2.24, 2.45) is 0 Å². The maximum absolute atomic E-state index is 12.8. The third kappa shape index (κ3) is 46.9. The van der Waals surface area contributed by atoms with Crippen LogP contribution in [0.2, 0.25) is 0 Å². The Morgan fingerprint density at radius 3 is 0.833 bits per heavy atom. The van der Waals surface area contributed by atoms with Crippen molar-refractivity contribution in [3.8, 4) is 0 Å². The van der Waals surface area contributed by atoms with Crippen molar-refractivity contribution in [3.63, 3.8) is 0 Å². The molecule has 0 aromatic carbocycles. The number of hydrogen-bond acceptors (Lipinski definition) is 6. The highest BCUT2D eigenvalue weighted by molar-refractivity contribution is 5.71. The minimum Gasteiger partial charge on any atom is -0.462 e. The fourth-order valence-electron chi connectivity index (χ4n) is 7.67. The van der Waals surface area contributed by atoms with E-state index in [9.17, 15) is 14.4 Å². The largest absolute Gasteiger partial charge is 0.462 e. The molecule has 60 heavy (non-hydrogen) atoms. The minimum atomic E-state index is -0.774. The van der Waals surface area contributed by atoms with Crippen molar-refractivity contribution in [1.82, 2.24) is 0 Å². The molecule has 0 aliphatic heterocycles. The summed E-state index contributed by atoms with van der Waals surface area (Å²) in [5.74, 6) is -0.878. The molecule has 0 bridgehead atoms. The average molecular weight is 845 g/mol. The van der Waals surface area contributed by atoms with Crippen molar-refractivity contribution in [1.29, 1.82) is 0 Å². The first-order valence-corrected chi connectivity index (χ1v) is 26.3. The summed E-state index contributed by atoms with van der Waals surface area (Å²) in [4.78, 5) is 37.9. The van der Waals surface area contributed by atoms with Crippen LogP contribution in [0.5, 0.6) is 0 Å². The van der Waals surface area contributed by atoms with E-state index >= 15 is 0 Å². The number of hydrogen-bond donors (Lipinski definition) is 0. The van der Waals surface area contributed by atoms with Crippen LogP contribution >= 0.6 is 0 Å². The standard InChI is InChI=1S/C54H100O6/c1-4-7-10-13-16-19-22-25-27-29-32-35-38-41-44-47-53(56)59-50-51(49-58-52(55)46-43-40-37-34-31-24-21-18-15-12-9-6-3)60-54(57)48-45-42-39-36-33-30-28-26-23-20-17-14-11-8-5-2/h25-28,51H,4-24,29-50H2,1-3H3/b27-25-,28-26-. The molecule has 0 aromatic rings. The Labute approximate surface area is 373 Å². The second-order valence-electron chi connectivity index (χ2n) is 17.8. The molecule has 0 aliphatic carbocycles. The van der Waals surface area contributed by atoms with Gasteiger partial charge in [0.15, 0.2) is 6.10 Å². The molecule has 0 rings (SSSR count). The highest BCUT2D eigenvalue weighted by Gasteiger charge is 2.19. The van der Waals surface area contributed by atoms with Crippen LogP contribution < -0.4 is 0 Å². The van der Waals surface area contributed by atoms with Crippen LogP contribution in [0.1, 0.15) is 284 Å². The summed E-state index contributed by atoms with van der Waals surface area (Å²) in [7, 11) is 0. The van der Waals surface area contributed by atoms with Crippen molar-refractivity contribution in [2.45, 2.75) is 290 Å². The lowest BCUT2D eigenvalue weighted by Gasteiger charge is -2.18. The maximum Gasteiger partial charge on any atom is 0.306 e. The van der Waals surface area contributed by atoms with Crippen molar-refractivity contribution >= 4 is 17.9 Å². The summed E-state index contributed by atoms with van der Waals surface area (Å²) in [6.45, 7) is 6.64. The van der Waals surface area contributed by atoms with E-state index in [0.29, 0.717) is 19.3 Å². The van der Waals surface area contributed by atoms with Crippen LogP contribution in [0.15, 0.2) is 24.3 Å². The Morgan fingerprint density at radius 2 is 0.550 bits per heavy atom. The van der Waals surface area contributed by atoms with Gasteiger partial charge in [-0.3, -0.25) is 14.4 Å². The topological polar surface area (TPSA) is 78.9 Å². The molecule has 1 atom stereocenters. The minimum absolute atomic E-state index is 0.0735. The number of unbranched alkanes of at least 4 members (excludes halogenated alkanes) is 33. The third-order valence-corrected chi connectivity index (χ3v) is 11.7. The van der Waals surface area contributed by atoms with Crippen molar-refractivity contribution < 1.29 is 28.6 Å². The molecule has 1 unspecified atom stereocenters. The first kappa shape index (κ1) is 57.9. The first-order valence-electron chi connectivity index (χ1n) is 26.3. The Hall–Kier alpha value is -2.11. The lowest BCUT2D eigenvalue weighted by molar-refractivity contribution is -0.167. The molecule has 352 valence electrons. The number of carbonyl (C=O) groups excluding carboxylic acids is 3. The van der Waals surface area contributed by atoms with E-state index in [4.69, 9.17) is 14.2 Å². The van der Waals surface area contributed by atoms with E-state index in [1.807, 2.05) is 0 Å². The molecule has 0 aliphatic rings. The van der Waals surface area contributed by atoms with Gasteiger partial charge in [0.2, 0.25) is 0 Å². The van der Waals surface area contributed by atoms with E-state index in [-0.39, 0.29) is 31.1 Å². The van der Waals surface area contributed by atoms with Crippen LogP contribution in [-0.2, 0) is 28.6 Å². The van der Waals surface area contributed by atoms with Crippen LogP contribution in [0, 0.1) is 0 Å². The van der Waals surface area contributed by atoms with E-state index in [1.165, 1.54) is 173 Å². The Morgan fingerprint density at radius 1 is 0.317 bits per heavy atom. The number of esters is 3. The van der Waals surface area contributed by atoms with E-state index in [2.05, 4.69) is 45.1 Å². The van der Waals surface area contributed by atoms with Gasteiger partial charge in [0.05, 0.1) is 0 Å². The zero-order valence-electron chi connectivity index (χ0n) is 40.2. The molecule has 0 fully saturated rings. The highest BCUT2D eigenvalue weighted by atomic mass is 16.6. The molecular weight excluding hydrogens is 745 g/mol. The second-order valence-corrected chi connectivity index (χ2v) is 17.8. The molecule has 0 aromatic heterocycles. The fourth-order valence-corrected chi connectivity index (χ4v) is 7.67. The van der Waals surface area contributed by atoms with Gasteiger partial charge in [0.25, 0.3) is 0 Å². The highest BCUT2D eigenvalue weighted by Crippen LogP contribution is 2.15. The van der Waals surface area contributed by atoms with Gasteiger partial charge in [-0.2, -0.15) is 0 Å². The van der Waals surface area contributed by atoms with Gasteiger partial charge < -0.3 is 14.2 Å². The lowest BCUT2D eigenvalue weighted by Crippen LogP contribution is -2.30. The number of ether oxygens (including phenoxy) is 3. The summed E-state index contributed by atoms with van der Waals surface area (Å²) in [6.07, 6.45) is 55.8. The fraction of sp³-hybridized carbons (Fsp3) is 0.870. The van der Waals surface area contributed by atoms with Crippen molar-refractivity contribution in [3.05, 3.63) is 24.3 Å². The normalized spacial score (nSPS) is 12.1. The summed E-state index contributed by atoms with van der Waals surface area (Å²) >= 11 is 0. The van der Waals surface area contributed by atoms with Gasteiger partial charge in [0.1, 0.15) is 13.2 Å². The average Bonchev–Trinajstić information content (AvgIpc) is 3.24. The number of allylic oxidation sites excluding steroid dienone is 4. The predicted octanol–water partition coefficient (Wildman–Crippen LogP) is 17.2. The predicted molar refractivity (Wildman–Crippen MR) is 256 cm³/mol. The van der Waals surface area contributed by atoms with Crippen LogP contribution in [-0.4, -0.2) is 37.2 Å². The Kier molecular flexibility index (Phi) is 47.8. The molecule has 0 amide bonds. The van der Waals surface area contributed by atoms with Gasteiger partial charge in [-0.1, -0.05) is 218 Å². The van der Waals surface area contributed by atoms with Crippen LogP contribution in [0.3, 0.4) is 0 Å². The number of carbonyl (C=O) groups is 3. The maximum atomic E-state index is 12.8. The third-order valence-electron chi connectivity index (χ3n) is 11.7. The molecule has 6 heteroatoms. The van der Waals surface area contributed by atoms with Crippen LogP contribution in [0.4, 0.5) is 0 Å². The van der Waals surface area contributed by atoms with Crippen molar-refractivity contribution in [2.75, 3.05) is 13.2 Å². The monoisotopic (exact) mass is 845 g/mol. The summed E-state index contributed by atoms with van der Waals surface area (Å²) in [6, 6.07) is 0. The van der Waals surface area contributed by atoms with E-state index in [1.54, 1.807) is 0 Å². The van der Waals surface area contributed by atoms with E-state index in [0.717, 1.165) is 70.6 Å². The van der Waals surface area contributed by atoms with Gasteiger partial charge in [-0.15, -0.1) is 0 Å². The molecular formula is C54H100O6. The quantitative estimate of drug-likeness (QED) is 0.0263. The van der Waals surface area contributed by atoms with Crippen LogP contribution in [0.25, 0.3) is 0 Å². The smallest absolute Gasteiger partial charge is 0.306 e. The molecule has 0 saturated carbocycles. The molecule has 6 nitrogen and oxygen atoms in total. The SMILES string of the molecule is CCCCCCCC/C=C\CCCCCCCC(=O)OCC(COC(=O)CCCCCCCCCCCCCC)OC(=O)CCCCCCC/C=C\CCCCCCCC. The van der Waals surface area contributed by atoms with Gasteiger partial charge in [-0.05, 0) is 70.6 Å². The Balaban J connectivity index is 4.36. The summed E-state index contributed by atoms with van der Waals surface area (Å²) in [5, 5.41) is 0. The van der Waals surface area contributed by atoms with Gasteiger partial charge in [-0.25, -0.2) is 0 Å². The molecule has 0 spiro atoms. The molecule has 0 heterocycles. The molecule has 0 radical (unpaired) electrons. The molecule has 0 N–H and O–H groups in total. The zero-order valence-corrected chi connectivity index (χ0v) is 40.2. The summed E-state index contributed by atoms with van der Waals surface area (Å²) in [5.41, 5.74) is 0. The van der Waals surface area contributed by atoms with E-state index < -0.39 is 6.10 Å². The Bertz CT molecular complexity index is 973. The lowest BCUT2D eigenvalue weighted by atomic mass is 10.0. The first-order chi connectivity index (χ1) is 29.5. The summed E-state index contributed by atoms with van der Waals surface area (Å²) < 4.78 is 16.8. The number of rotatable bonds is 48. The zero-order chi connectivity index (χ0) is 43.7.